The van der Waals surface area contributed by atoms with E-state index in [9.17, 15) is 14.4 Å². The van der Waals surface area contributed by atoms with E-state index in [0.717, 1.165) is 38.9 Å². The zero-order valence-electron chi connectivity index (χ0n) is 22.5. The lowest BCUT2D eigenvalue weighted by Crippen LogP contribution is -2.36. The molecule has 1 fully saturated rings. The number of rotatable bonds is 10. The Morgan fingerprint density at radius 3 is 2.50 bits per heavy atom. The lowest BCUT2D eigenvalue weighted by Gasteiger charge is -2.16. The molecular formula is C31H29ClN2O5S. The fourth-order valence-electron chi connectivity index (χ4n) is 4.08. The van der Waals surface area contributed by atoms with Crippen LogP contribution in [0.2, 0.25) is 5.02 Å². The first kappa shape index (κ1) is 29.0. The summed E-state index contributed by atoms with van der Waals surface area (Å²) < 4.78 is 11.7. The lowest BCUT2D eigenvalue weighted by atomic mass is 10.0. The Hall–Kier alpha value is -4.01. The smallest absolute Gasteiger partial charge is 0.294 e. The summed E-state index contributed by atoms with van der Waals surface area (Å²) in [5.74, 6) is 0.0543. The zero-order chi connectivity index (χ0) is 28.8. The van der Waals surface area contributed by atoms with Gasteiger partial charge in [0, 0.05) is 16.3 Å². The Morgan fingerprint density at radius 2 is 1.82 bits per heavy atom. The molecule has 0 spiro atoms. The highest BCUT2D eigenvalue weighted by molar-refractivity contribution is 8.18. The Morgan fingerprint density at radius 1 is 1.07 bits per heavy atom. The monoisotopic (exact) mass is 576 g/mol. The van der Waals surface area contributed by atoms with Crippen LogP contribution in [-0.4, -0.2) is 35.6 Å². The third kappa shape index (κ3) is 6.94. The van der Waals surface area contributed by atoms with Gasteiger partial charge in [-0.05, 0) is 96.8 Å². The van der Waals surface area contributed by atoms with Crippen LogP contribution in [0.15, 0.2) is 72.2 Å². The third-order valence-corrected chi connectivity index (χ3v) is 7.46. The van der Waals surface area contributed by atoms with Crippen molar-refractivity contribution in [1.29, 1.82) is 0 Å². The van der Waals surface area contributed by atoms with E-state index >= 15 is 0 Å². The maximum Gasteiger partial charge on any atom is 0.294 e. The van der Waals surface area contributed by atoms with Crippen LogP contribution in [0.3, 0.4) is 0 Å². The Bertz CT molecular complexity index is 1500. The van der Waals surface area contributed by atoms with Gasteiger partial charge < -0.3 is 14.8 Å². The number of anilines is 1. The first-order valence-corrected chi connectivity index (χ1v) is 13.7. The number of halogens is 1. The maximum absolute atomic E-state index is 13.1. The minimum Gasteiger partial charge on any atom is -0.493 e. The normalized spacial score (nSPS) is 14.0. The van der Waals surface area contributed by atoms with Crippen LogP contribution >= 0.6 is 23.4 Å². The van der Waals surface area contributed by atoms with Crippen LogP contribution in [0.25, 0.3) is 6.08 Å². The van der Waals surface area contributed by atoms with Crippen LogP contribution in [0.5, 0.6) is 11.5 Å². The molecule has 4 rings (SSSR count). The molecule has 0 aromatic heterocycles. The molecule has 3 aromatic rings. The summed E-state index contributed by atoms with van der Waals surface area (Å²) in [7, 11) is 1.54. The van der Waals surface area contributed by atoms with Crippen molar-refractivity contribution in [3.8, 4) is 11.5 Å². The van der Waals surface area contributed by atoms with Crippen LogP contribution in [0.1, 0.15) is 27.8 Å². The van der Waals surface area contributed by atoms with E-state index < -0.39 is 17.1 Å². The summed E-state index contributed by atoms with van der Waals surface area (Å²) >= 11 is 6.77. The second kappa shape index (κ2) is 12.9. The molecule has 0 radical (unpaired) electrons. The van der Waals surface area contributed by atoms with E-state index in [0.29, 0.717) is 40.8 Å². The number of carbonyl (C=O) groups is 3. The number of aryl methyl sites for hydroxylation is 2. The van der Waals surface area contributed by atoms with Crippen LogP contribution in [0, 0.1) is 13.8 Å². The molecule has 9 heteroatoms. The van der Waals surface area contributed by atoms with Crippen molar-refractivity contribution in [2.24, 2.45) is 0 Å². The number of hydrogen-bond acceptors (Lipinski definition) is 6. The Kier molecular flexibility index (Phi) is 9.34. The molecule has 1 N–H and O–H groups in total. The van der Waals surface area contributed by atoms with E-state index in [4.69, 9.17) is 21.1 Å². The topological polar surface area (TPSA) is 84.9 Å². The highest BCUT2D eigenvalue weighted by atomic mass is 35.5. The van der Waals surface area contributed by atoms with Crippen molar-refractivity contribution in [2.45, 2.75) is 26.9 Å². The van der Waals surface area contributed by atoms with Gasteiger partial charge in [0.15, 0.2) is 11.5 Å². The van der Waals surface area contributed by atoms with Gasteiger partial charge in [-0.3, -0.25) is 19.3 Å². The molecule has 1 aliphatic rings. The third-order valence-electron chi connectivity index (χ3n) is 6.30. The van der Waals surface area contributed by atoms with E-state index in [1.165, 1.54) is 7.11 Å². The average molecular weight is 577 g/mol. The molecule has 0 saturated carbocycles. The van der Waals surface area contributed by atoms with Gasteiger partial charge in [-0.2, -0.15) is 0 Å². The van der Waals surface area contributed by atoms with Gasteiger partial charge in [-0.25, -0.2) is 0 Å². The van der Waals surface area contributed by atoms with E-state index in [2.05, 4.69) is 11.9 Å². The van der Waals surface area contributed by atoms with Gasteiger partial charge in [-0.15, -0.1) is 6.58 Å². The van der Waals surface area contributed by atoms with Crippen molar-refractivity contribution in [3.05, 3.63) is 105 Å². The largest absolute Gasteiger partial charge is 0.493 e. The van der Waals surface area contributed by atoms with E-state index in [1.807, 2.05) is 44.2 Å². The number of allylic oxidation sites excluding steroid dienone is 1. The first-order chi connectivity index (χ1) is 19.2. The summed E-state index contributed by atoms with van der Waals surface area (Å²) in [6.07, 6.45) is 3.86. The number of benzene rings is 3. The summed E-state index contributed by atoms with van der Waals surface area (Å²) in [5, 5.41) is 2.89. The van der Waals surface area contributed by atoms with Gasteiger partial charge in [0.2, 0.25) is 5.91 Å². The van der Waals surface area contributed by atoms with E-state index in [1.54, 1.807) is 36.4 Å². The first-order valence-electron chi connectivity index (χ1n) is 12.5. The van der Waals surface area contributed by atoms with Gasteiger partial charge in [0.25, 0.3) is 11.1 Å². The van der Waals surface area contributed by atoms with Gasteiger partial charge in [0.05, 0.1) is 12.0 Å². The summed E-state index contributed by atoms with van der Waals surface area (Å²) in [6, 6.07) is 16.5. The summed E-state index contributed by atoms with van der Waals surface area (Å²) in [4.78, 5) is 39.5. The molecule has 1 aliphatic heterocycles. The molecule has 3 amide bonds. The number of nitrogens with zero attached hydrogens (tertiary/aromatic N) is 1. The quantitative estimate of drug-likeness (QED) is 0.208. The van der Waals surface area contributed by atoms with Crippen molar-refractivity contribution < 1.29 is 23.9 Å². The average Bonchev–Trinajstić information content (AvgIpc) is 3.18. The molecule has 1 heterocycles. The number of amides is 3. The summed E-state index contributed by atoms with van der Waals surface area (Å²) in [5.41, 5.74) is 5.13. The second-order valence-electron chi connectivity index (χ2n) is 9.23. The minimum absolute atomic E-state index is 0.213. The number of nitrogens with one attached hydrogen (secondary N) is 1. The zero-order valence-corrected chi connectivity index (χ0v) is 24.0. The Balaban J connectivity index is 1.51. The molecule has 0 atom stereocenters. The second-order valence-corrected chi connectivity index (χ2v) is 10.7. The van der Waals surface area contributed by atoms with Crippen molar-refractivity contribution in [2.75, 3.05) is 19.0 Å². The van der Waals surface area contributed by atoms with Crippen LogP contribution in [0.4, 0.5) is 10.5 Å². The van der Waals surface area contributed by atoms with Gasteiger partial charge in [-0.1, -0.05) is 35.9 Å². The van der Waals surface area contributed by atoms with Crippen molar-refractivity contribution in [1.82, 2.24) is 4.90 Å². The molecule has 0 bridgehead atoms. The SMILES string of the molecule is C=CCc1cc(/C=C2\SC(=O)N(CC(=O)Nc3ccc(C)c(C)c3)C2=O)cc(OC)c1OCc1ccc(Cl)cc1. The summed E-state index contributed by atoms with van der Waals surface area (Å²) in [6.45, 7) is 7.69. The standard InChI is InChI=1S/C31H29ClN2O5S/c1-5-6-23-14-22(15-26(38-4)29(23)39-18-21-8-10-24(32)11-9-21)16-27-30(36)34(31(37)40-27)17-28(35)33-25-12-7-19(2)20(3)13-25/h5,7-16H,1,6,17-18H2,2-4H3,(H,33,35)/b27-16-. The number of ether oxygens (including phenoxy) is 2. The highest BCUT2D eigenvalue weighted by Crippen LogP contribution is 2.37. The minimum atomic E-state index is -0.530. The fourth-order valence-corrected chi connectivity index (χ4v) is 5.04. The number of methoxy groups -OCH3 is 1. The fraction of sp³-hybridized carbons (Fsp3) is 0.194. The van der Waals surface area contributed by atoms with Gasteiger partial charge >= 0.3 is 0 Å². The molecular weight excluding hydrogens is 548 g/mol. The molecule has 40 heavy (non-hydrogen) atoms. The maximum atomic E-state index is 13.1. The predicted octanol–water partition coefficient (Wildman–Crippen LogP) is 6.95. The number of imide groups is 1. The van der Waals surface area contributed by atoms with Gasteiger partial charge in [0.1, 0.15) is 13.2 Å². The molecule has 0 aliphatic carbocycles. The number of carbonyl (C=O) groups excluding carboxylic acids is 3. The number of thioether (sulfide) groups is 1. The van der Waals surface area contributed by atoms with Crippen LogP contribution < -0.4 is 14.8 Å². The molecule has 0 unspecified atom stereocenters. The highest BCUT2D eigenvalue weighted by Gasteiger charge is 2.36. The van der Waals surface area contributed by atoms with Crippen LogP contribution in [-0.2, 0) is 22.6 Å². The molecule has 1 saturated heterocycles. The van der Waals surface area contributed by atoms with Crippen molar-refractivity contribution >= 4 is 52.2 Å². The van der Waals surface area contributed by atoms with Crippen molar-refractivity contribution in [3.63, 3.8) is 0 Å². The molecule has 206 valence electrons. The Labute approximate surface area is 242 Å². The predicted molar refractivity (Wildman–Crippen MR) is 160 cm³/mol. The van der Waals surface area contributed by atoms with E-state index in [-0.39, 0.29) is 11.4 Å². The number of hydrogen-bond donors (Lipinski definition) is 1. The molecule has 3 aromatic carbocycles. The lowest BCUT2D eigenvalue weighted by molar-refractivity contribution is -0.127. The molecule has 7 nitrogen and oxygen atoms in total.